The van der Waals surface area contributed by atoms with E-state index in [1.165, 1.54) is 16.7 Å². The lowest BCUT2D eigenvalue weighted by Crippen LogP contribution is -2.60. The standard InChI is InChI=1S/C46H66N10O11S/c1-5-28(4)39(55-46(66)67-24-29-13-8-6-9-14-29)44(64)51-31(18-19-36(47)57)41(61)52-33(22-37(48)58)42(62)54-34(26-68-25-30-15-10-7-11-16-30)45(65)56-20-12-17-35(56)43(63)53-32(21-27(2)3)40(60)50-23-38(49)59/h6-11,13-16,27-28,31-35,39H,5,12,17-26H2,1-4H3,(H2,47,57)(H2,48,58)(H2,49,59)(H,50,60)(H,51,64)(H,52,61)(H,53,63)(H,54,62)(H,55,66)/t28?,31-,32-,33-,34-,35-,39-/m0/s1. The van der Waals surface area contributed by atoms with Crippen LogP contribution in [0, 0.1) is 11.8 Å². The molecule has 2 aromatic rings. The number of thioether (sulfide) groups is 1. The average molecular weight is 967 g/mol. The highest BCUT2D eigenvalue weighted by molar-refractivity contribution is 7.98. The molecule has 1 fully saturated rings. The molecule has 22 heteroatoms. The first-order chi connectivity index (χ1) is 32.3. The Bertz CT molecular complexity index is 2060. The van der Waals surface area contributed by atoms with Crippen molar-refractivity contribution in [2.75, 3.05) is 18.8 Å². The highest BCUT2D eigenvalue weighted by Gasteiger charge is 2.40. The van der Waals surface area contributed by atoms with Crippen LogP contribution in [0.15, 0.2) is 60.7 Å². The van der Waals surface area contributed by atoms with E-state index >= 15 is 0 Å². The van der Waals surface area contributed by atoms with Crippen LogP contribution in [0.3, 0.4) is 0 Å². The smallest absolute Gasteiger partial charge is 0.408 e. The molecule has 0 aliphatic carbocycles. The van der Waals surface area contributed by atoms with Crippen LogP contribution in [0.25, 0.3) is 0 Å². The number of benzene rings is 2. The summed E-state index contributed by atoms with van der Waals surface area (Å²) in [4.78, 5) is 133. The number of nitrogens with two attached hydrogens (primary N) is 3. The number of primary amides is 3. The Morgan fingerprint density at radius 1 is 0.706 bits per heavy atom. The fourth-order valence-electron chi connectivity index (χ4n) is 7.18. The van der Waals surface area contributed by atoms with E-state index in [0.717, 1.165) is 5.56 Å². The molecule has 372 valence electrons. The molecule has 1 unspecified atom stereocenters. The zero-order valence-electron chi connectivity index (χ0n) is 39.0. The van der Waals surface area contributed by atoms with Crippen LogP contribution in [0.1, 0.15) is 83.8 Å². The summed E-state index contributed by atoms with van der Waals surface area (Å²) in [6.07, 6.45) is -1.12. The number of carbonyl (C=O) groups excluding carboxylic acids is 10. The van der Waals surface area contributed by atoms with E-state index < -0.39 is 114 Å². The molecule has 1 saturated heterocycles. The lowest BCUT2D eigenvalue weighted by Gasteiger charge is -2.31. The molecule has 12 N–H and O–H groups in total. The third-order valence-corrected chi connectivity index (χ3v) is 12.1. The molecular formula is C46H66N10O11S. The molecule has 68 heavy (non-hydrogen) atoms. The average Bonchev–Trinajstić information content (AvgIpc) is 3.80. The second-order valence-corrected chi connectivity index (χ2v) is 18.0. The largest absolute Gasteiger partial charge is 0.445 e. The zero-order valence-corrected chi connectivity index (χ0v) is 39.8. The number of alkyl carbamates (subject to hydrolysis) is 1. The second-order valence-electron chi connectivity index (χ2n) is 17.0. The Morgan fingerprint density at radius 3 is 1.90 bits per heavy atom. The van der Waals surface area contributed by atoms with Crippen LogP contribution in [-0.2, 0) is 60.2 Å². The van der Waals surface area contributed by atoms with Crippen molar-refractivity contribution < 1.29 is 52.7 Å². The third-order valence-electron chi connectivity index (χ3n) is 11.0. The zero-order chi connectivity index (χ0) is 50.3. The van der Waals surface area contributed by atoms with E-state index in [1.807, 2.05) is 44.2 Å². The van der Waals surface area contributed by atoms with Gasteiger partial charge in [-0.2, -0.15) is 11.8 Å². The normalized spacial score (nSPS) is 15.8. The Morgan fingerprint density at radius 2 is 1.31 bits per heavy atom. The van der Waals surface area contributed by atoms with Gasteiger partial charge >= 0.3 is 6.09 Å². The van der Waals surface area contributed by atoms with Gasteiger partial charge in [0.2, 0.25) is 53.2 Å². The quantitative estimate of drug-likeness (QED) is 0.0544. The molecule has 0 aromatic heterocycles. The minimum absolute atomic E-state index is 0.0257. The van der Waals surface area contributed by atoms with Crippen molar-refractivity contribution >= 4 is 71.0 Å². The van der Waals surface area contributed by atoms with Crippen molar-refractivity contribution in [3.63, 3.8) is 0 Å². The van der Waals surface area contributed by atoms with Crippen LogP contribution in [0.5, 0.6) is 0 Å². The van der Waals surface area contributed by atoms with Gasteiger partial charge in [0.05, 0.1) is 13.0 Å². The molecule has 21 nitrogen and oxygen atoms in total. The Kier molecular flexibility index (Phi) is 23.3. The van der Waals surface area contributed by atoms with Crippen molar-refractivity contribution in [1.29, 1.82) is 0 Å². The van der Waals surface area contributed by atoms with Gasteiger partial charge in [0.15, 0.2) is 0 Å². The number of nitrogens with zero attached hydrogens (tertiary/aromatic N) is 1. The molecule has 7 atom stereocenters. The number of hydrogen-bond acceptors (Lipinski definition) is 12. The van der Waals surface area contributed by atoms with Gasteiger partial charge in [-0.15, -0.1) is 0 Å². The van der Waals surface area contributed by atoms with Crippen molar-refractivity contribution in [1.82, 2.24) is 36.8 Å². The van der Waals surface area contributed by atoms with Gasteiger partial charge < -0.3 is 58.7 Å². The molecule has 0 bridgehead atoms. The van der Waals surface area contributed by atoms with Crippen LogP contribution < -0.4 is 49.1 Å². The van der Waals surface area contributed by atoms with Crippen LogP contribution in [0.2, 0.25) is 0 Å². The second kappa shape index (κ2) is 28.5. The Labute approximate surface area is 400 Å². The fourth-order valence-corrected chi connectivity index (χ4v) is 8.19. The predicted octanol–water partition coefficient (Wildman–Crippen LogP) is -0.0204. The minimum Gasteiger partial charge on any atom is -0.445 e. The lowest BCUT2D eigenvalue weighted by atomic mass is 9.97. The number of amides is 10. The Balaban J connectivity index is 1.86. The Hall–Kier alpha value is -6.71. The van der Waals surface area contributed by atoms with Crippen molar-refractivity contribution in [2.24, 2.45) is 29.0 Å². The van der Waals surface area contributed by atoms with Crippen molar-refractivity contribution in [2.45, 2.75) is 121 Å². The van der Waals surface area contributed by atoms with E-state index in [0.29, 0.717) is 24.2 Å². The summed E-state index contributed by atoms with van der Waals surface area (Å²) in [6.45, 7) is 6.75. The summed E-state index contributed by atoms with van der Waals surface area (Å²) < 4.78 is 5.31. The minimum atomic E-state index is -1.70. The number of hydrogen-bond donors (Lipinski definition) is 9. The number of rotatable bonds is 28. The maximum Gasteiger partial charge on any atom is 0.408 e. The highest BCUT2D eigenvalue weighted by Crippen LogP contribution is 2.22. The predicted molar refractivity (Wildman–Crippen MR) is 252 cm³/mol. The van der Waals surface area contributed by atoms with E-state index in [9.17, 15) is 47.9 Å². The van der Waals surface area contributed by atoms with Crippen LogP contribution in [0.4, 0.5) is 4.79 Å². The van der Waals surface area contributed by atoms with Crippen LogP contribution >= 0.6 is 11.8 Å². The molecule has 0 saturated carbocycles. The van der Waals surface area contributed by atoms with Gasteiger partial charge in [-0.1, -0.05) is 94.8 Å². The van der Waals surface area contributed by atoms with Gasteiger partial charge in [0.1, 0.15) is 42.9 Å². The fraction of sp³-hybridized carbons (Fsp3) is 0.522. The molecule has 1 heterocycles. The first-order valence-corrected chi connectivity index (χ1v) is 23.7. The van der Waals surface area contributed by atoms with Crippen LogP contribution in [-0.4, -0.2) is 119 Å². The van der Waals surface area contributed by atoms with E-state index in [1.54, 1.807) is 44.2 Å². The first kappa shape index (κ1) is 55.6. The summed E-state index contributed by atoms with van der Waals surface area (Å²) in [5.41, 5.74) is 17.8. The van der Waals surface area contributed by atoms with Gasteiger partial charge in [0.25, 0.3) is 0 Å². The number of ether oxygens (including phenoxy) is 1. The summed E-state index contributed by atoms with van der Waals surface area (Å²) in [5.74, 6) is -7.47. The van der Waals surface area contributed by atoms with Gasteiger partial charge in [-0.25, -0.2) is 4.79 Å². The summed E-state index contributed by atoms with van der Waals surface area (Å²) >= 11 is 1.29. The summed E-state index contributed by atoms with van der Waals surface area (Å²) in [6, 6.07) is 10.3. The van der Waals surface area contributed by atoms with E-state index in [2.05, 4.69) is 31.9 Å². The summed E-state index contributed by atoms with van der Waals surface area (Å²) in [5, 5.41) is 15.3. The molecule has 0 spiro atoms. The topological polar surface area (TPSA) is 333 Å². The third kappa shape index (κ3) is 19.3. The first-order valence-electron chi connectivity index (χ1n) is 22.5. The number of carbonyl (C=O) groups is 10. The van der Waals surface area contributed by atoms with Crippen molar-refractivity contribution in [3.05, 3.63) is 71.8 Å². The van der Waals surface area contributed by atoms with E-state index in [4.69, 9.17) is 21.9 Å². The van der Waals surface area contributed by atoms with Gasteiger partial charge in [-0.3, -0.25) is 43.2 Å². The summed E-state index contributed by atoms with van der Waals surface area (Å²) in [7, 11) is 0. The van der Waals surface area contributed by atoms with Crippen molar-refractivity contribution in [3.8, 4) is 0 Å². The molecule has 1 aliphatic heterocycles. The van der Waals surface area contributed by atoms with Gasteiger partial charge in [-0.05, 0) is 48.6 Å². The molecular weight excluding hydrogens is 901 g/mol. The molecule has 1 aliphatic rings. The highest BCUT2D eigenvalue weighted by atomic mass is 32.2. The monoisotopic (exact) mass is 966 g/mol. The van der Waals surface area contributed by atoms with Gasteiger partial charge in [0, 0.05) is 24.5 Å². The lowest BCUT2D eigenvalue weighted by molar-refractivity contribution is -0.142. The maximum atomic E-state index is 14.5. The molecule has 2 aromatic carbocycles. The SMILES string of the molecule is CCC(C)[C@H](NC(=O)OCc1ccccc1)C(=O)N[C@@H](CCC(N)=O)C(=O)N[C@@H](CC(N)=O)C(=O)N[C@@H](CSCc1ccccc1)C(=O)N1CCC[C@H]1C(=O)N[C@@H](CC(C)C)C(=O)NCC(N)=O. The molecule has 10 amide bonds. The van der Waals surface area contributed by atoms with E-state index in [-0.39, 0.29) is 50.5 Å². The molecule has 3 rings (SSSR count). The molecule has 0 radical (unpaired) electrons. The maximum absolute atomic E-state index is 14.5. The number of nitrogens with one attached hydrogen (secondary N) is 6. The number of likely N-dealkylation sites (tertiary alicyclic amines) is 1.